The lowest BCUT2D eigenvalue weighted by atomic mass is 9.96. The van der Waals surface area contributed by atoms with Crippen LogP contribution in [0.2, 0.25) is 0 Å². The number of carboxylic acid groups (broad SMARTS) is 1. The van der Waals surface area contributed by atoms with Crippen molar-refractivity contribution < 1.29 is 29.0 Å². The number of thiophene rings is 1. The molecule has 0 saturated carbocycles. The molecule has 0 atom stereocenters. The van der Waals surface area contributed by atoms with Crippen LogP contribution in [0.5, 0.6) is 5.75 Å². The van der Waals surface area contributed by atoms with Crippen LogP contribution in [0.3, 0.4) is 0 Å². The number of methoxy groups -OCH3 is 1. The maximum atomic E-state index is 12.2. The molecule has 1 aromatic carbocycles. The maximum absolute atomic E-state index is 12.2. The van der Waals surface area contributed by atoms with Gasteiger partial charge in [-0.15, -0.1) is 11.3 Å². The molecule has 33 heavy (non-hydrogen) atoms. The van der Waals surface area contributed by atoms with E-state index in [1.165, 1.54) is 13.2 Å². The highest BCUT2D eigenvalue weighted by molar-refractivity contribution is 7.21. The van der Waals surface area contributed by atoms with Gasteiger partial charge in [0.05, 0.1) is 18.5 Å². The van der Waals surface area contributed by atoms with Crippen molar-refractivity contribution in [1.29, 1.82) is 5.26 Å². The summed E-state index contributed by atoms with van der Waals surface area (Å²) in [5.74, 6) is -2.37. The minimum atomic E-state index is -1.21. The van der Waals surface area contributed by atoms with Gasteiger partial charge in [-0.25, -0.2) is 9.78 Å². The fourth-order valence-corrected chi connectivity index (χ4v) is 4.10. The van der Waals surface area contributed by atoms with E-state index in [4.69, 9.17) is 31.8 Å². The fourth-order valence-electron chi connectivity index (χ4n) is 3.13. The number of pyridine rings is 1. The minimum Gasteiger partial charge on any atom is -0.495 e. The third kappa shape index (κ3) is 4.61. The number of carbonyl (C=O) groups excluding carboxylic acids is 2. The van der Waals surface area contributed by atoms with E-state index < -0.39 is 31.0 Å². The van der Waals surface area contributed by atoms with Crippen LogP contribution in [0.4, 0.5) is 17.2 Å². The van der Waals surface area contributed by atoms with Crippen molar-refractivity contribution in [3.63, 3.8) is 0 Å². The summed E-state index contributed by atoms with van der Waals surface area (Å²) < 4.78 is 10.1. The molecule has 8 N–H and O–H groups in total. The van der Waals surface area contributed by atoms with E-state index in [0.29, 0.717) is 27.1 Å². The van der Waals surface area contributed by atoms with Gasteiger partial charge in [-0.1, -0.05) is 6.07 Å². The molecule has 0 aliphatic carbocycles. The van der Waals surface area contributed by atoms with Gasteiger partial charge in [-0.3, -0.25) is 9.59 Å². The molecule has 0 aliphatic heterocycles. The lowest BCUT2D eigenvalue weighted by Crippen LogP contribution is -2.21. The van der Waals surface area contributed by atoms with E-state index in [1.54, 1.807) is 12.1 Å². The molecular formula is C20H18N6O6S. The number of primary amides is 1. The third-order valence-electron chi connectivity index (χ3n) is 4.46. The number of fused-ring (bicyclic) bond motifs is 1. The first-order chi connectivity index (χ1) is 15.7. The molecule has 0 radical (unpaired) electrons. The molecule has 0 aliphatic rings. The summed E-state index contributed by atoms with van der Waals surface area (Å²) in [5.41, 5.74) is 18.6. The van der Waals surface area contributed by atoms with Crippen molar-refractivity contribution in [2.24, 2.45) is 5.73 Å². The average Bonchev–Trinajstić information content (AvgIpc) is 3.08. The number of nitrogens with zero attached hydrogens (tertiary/aromatic N) is 2. The summed E-state index contributed by atoms with van der Waals surface area (Å²) in [7, 11) is 1.39. The number of hydrogen-bond acceptors (Lipinski definition) is 10. The predicted octanol–water partition coefficient (Wildman–Crippen LogP) is 1.15. The zero-order valence-corrected chi connectivity index (χ0v) is 18.0. The Bertz CT molecular complexity index is 1330. The number of nitrogens with one attached hydrogen (secondary N) is 1. The number of carbonyl (C=O) groups is 3. The molecule has 2 heterocycles. The number of hydrogen-bond donors (Lipinski definition) is 5. The first-order valence-corrected chi connectivity index (χ1v) is 9.98. The van der Waals surface area contributed by atoms with Gasteiger partial charge in [0.15, 0.2) is 0 Å². The van der Waals surface area contributed by atoms with Crippen LogP contribution >= 0.6 is 11.3 Å². The predicted molar refractivity (Wildman–Crippen MR) is 121 cm³/mol. The summed E-state index contributed by atoms with van der Waals surface area (Å²) in [4.78, 5) is 39.1. The Hall–Kier alpha value is -4.41. The summed E-state index contributed by atoms with van der Waals surface area (Å²) in [6, 6.07) is 6.68. The largest absolute Gasteiger partial charge is 0.495 e. The van der Waals surface area contributed by atoms with Gasteiger partial charge in [-0.2, -0.15) is 5.26 Å². The number of ether oxygens (including phenoxy) is 2. The van der Waals surface area contributed by atoms with Crippen molar-refractivity contribution in [3.8, 4) is 22.9 Å². The lowest BCUT2D eigenvalue weighted by molar-refractivity contribution is -0.143. The normalized spacial score (nSPS) is 10.5. The van der Waals surface area contributed by atoms with Crippen LogP contribution in [0.25, 0.3) is 21.3 Å². The molecule has 2 aromatic heterocycles. The summed E-state index contributed by atoms with van der Waals surface area (Å²) >= 11 is 0.949. The number of anilines is 3. The molecule has 12 nitrogen and oxygen atoms in total. The third-order valence-corrected chi connectivity index (χ3v) is 5.58. The van der Waals surface area contributed by atoms with Crippen molar-refractivity contribution in [2.45, 2.75) is 0 Å². The second-order valence-corrected chi connectivity index (χ2v) is 7.60. The zero-order valence-electron chi connectivity index (χ0n) is 17.2. The van der Waals surface area contributed by atoms with Crippen molar-refractivity contribution in [1.82, 2.24) is 4.98 Å². The van der Waals surface area contributed by atoms with Gasteiger partial charge < -0.3 is 37.1 Å². The van der Waals surface area contributed by atoms with Crippen LogP contribution in [0, 0.1) is 11.3 Å². The molecule has 2 amide bonds. The number of carboxylic acids is 1. The number of aliphatic carboxylic acids is 1. The number of nitrogen functional groups attached to an aromatic ring is 2. The van der Waals surface area contributed by atoms with Crippen LogP contribution in [0.15, 0.2) is 18.2 Å². The van der Waals surface area contributed by atoms with Gasteiger partial charge >= 0.3 is 5.97 Å². The minimum absolute atomic E-state index is 0.0234. The Morgan fingerprint density at radius 3 is 2.61 bits per heavy atom. The smallest absolute Gasteiger partial charge is 0.329 e. The first-order valence-electron chi connectivity index (χ1n) is 9.17. The molecule has 0 bridgehead atoms. The zero-order chi connectivity index (χ0) is 24.3. The van der Waals surface area contributed by atoms with Crippen LogP contribution in [0.1, 0.15) is 15.2 Å². The summed E-state index contributed by atoms with van der Waals surface area (Å²) in [6.07, 6.45) is 0. The van der Waals surface area contributed by atoms with Crippen LogP contribution < -0.4 is 27.3 Å². The monoisotopic (exact) mass is 470 g/mol. The van der Waals surface area contributed by atoms with Gasteiger partial charge in [0.2, 0.25) is 5.91 Å². The number of amides is 2. The molecule has 3 aromatic rings. The quantitative estimate of drug-likeness (QED) is 0.316. The number of nitriles is 1. The van der Waals surface area contributed by atoms with Gasteiger partial charge in [0.25, 0.3) is 5.91 Å². The summed E-state index contributed by atoms with van der Waals surface area (Å²) in [5, 5.41) is 21.2. The van der Waals surface area contributed by atoms with Crippen molar-refractivity contribution >= 4 is 56.5 Å². The SMILES string of the molecule is COc1ccc(-c2c(C#N)c(N)nc3sc(C(N)=O)c(N)c23)cc1NC(=O)COCC(=O)O. The topological polar surface area (TPSA) is 217 Å². The van der Waals surface area contributed by atoms with E-state index in [-0.39, 0.29) is 27.6 Å². The van der Waals surface area contributed by atoms with E-state index >= 15 is 0 Å². The number of rotatable bonds is 8. The standard InChI is InChI=1S/C20H18N6O6S/c1-31-11-3-2-8(4-10(11)25-12(27)6-32-7-13(28)29)14-9(5-21)18(23)26-20-15(14)16(22)17(33-20)19(24)30/h2-4H,6-7,22H2,1H3,(H2,23,26)(H2,24,30)(H,25,27)(H,28,29). The van der Waals surface area contributed by atoms with Crippen LogP contribution in [-0.4, -0.2) is 48.2 Å². The molecule has 0 spiro atoms. The Balaban J connectivity index is 2.15. The highest BCUT2D eigenvalue weighted by Gasteiger charge is 2.24. The second-order valence-electron chi connectivity index (χ2n) is 6.60. The van der Waals surface area contributed by atoms with Gasteiger partial charge in [0.1, 0.15) is 46.1 Å². The summed E-state index contributed by atoms with van der Waals surface area (Å²) in [6.45, 7) is -1.14. The van der Waals surface area contributed by atoms with Crippen molar-refractivity contribution in [3.05, 3.63) is 28.6 Å². The Kier molecular flexibility index (Phi) is 6.61. The lowest BCUT2D eigenvalue weighted by Gasteiger charge is -2.14. The Morgan fingerprint density at radius 1 is 1.27 bits per heavy atom. The molecule has 3 rings (SSSR count). The molecule has 0 saturated heterocycles. The number of benzene rings is 1. The first kappa shape index (κ1) is 23.3. The molecule has 13 heteroatoms. The van der Waals surface area contributed by atoms with E-state index in [0.717, 1.165) is 11.3 Å². The Morgan fingerprint density at radius 2 is 2.00 bits per heavy atom. The second kappa shape index (κ2) is 9.39. The van der Waals surface area contributed by atoms with E-state index in [1.807, 2.05) is 6.07 Å². The molecule has 170 valence electrons. The Labute approximate surface area is 190 Å². The highest BCUT2D eigenvalue weighted by atomic mass is 32.1. The number of nitrogens with two attached hydrogens (primary N) is 3. The number of aromatic nitrogens is 1. The van der Waals surface area contributed by atoms with Gasteiger partial charge in [-0.05, 0) is 17.7 Å². The highest BCUT2D eigenvalue weighted by Crippen LogP contribution is 2.43. The molecular weight excluding hydrogens is 452 g/mol. The fraction of sp³-hybridized carbons (Fsp3) is 0.150. The average molecular weight is 470 g/mol. The van der Waals surface area contributed by atoms with Crippen LogP contribution in [-0.2, 0) is 14.3 Å². The maximum Gasteiger partial charge on any atom is 0.329 e. The van der Waals surface area contributed by atoms with E-state index in [2.05, 4.69) is 10.3 Å². The van der Waals surface area contributed by atoms with E-state index in [9.17, 15) is 19.6 Å². The molecule has 0 unspecified atom stereocenters. The van der Waals surface area contributed by atoms with Gasteiger partial charge in [0, 0.05) is 10.9 Å². The van der Waals surface area contributed by atoms with Crippen molar-refractivity contribution in [2.75, 3.05) is 37.1 Å². The molecule has 0 fully saturated rings.